The third-order valence-corrected chi connectivity index (χ3v) is 5.87. The Balaban J connectivity index is 1.95. The predicted octanol–water partition coefficient (Wildman–Crippen LogP) is 5.24. The van der Waals surface area contributed by atoms with E-state index in [1.807, 2.05) is 6.07 Å². The molecule has 0 saturated heterocycles. The molecule has 0 fully saturated rings. The van der Waals surface area contributed by atoms with E-state index in [1.165, 1.54) is 26.9 Å². The topological polar surface area (TPSA) is 57.2 Å². The first kappa shape index (κ1) is 26.5. The van der Waals surface area contributed by atoms with Gasteiger partial charge in [0, 0.05) is 6.54 Å². The van der Waals surface area contributed by atoms with Gasteiger partial charge < -0.3 is 23.8 Å². The number of methoxy groups -OCH3 is 3. The maximum absolute atomic E-state index is 12.9. The molecule has 1 atom stereocenters. The Bertz CT molecular complexity index is 828. The van der Waals surface area contributed by atoms with Gasteiger partial charge in [-0.25, -0.2) is 4.79 Å². The molecule has 0 heterocycles. The summed E-state index contributed by atoms with van der Waals surface area (Å²) in [6, 6.07) is 13.8. The van der Waals surface area contributed by atoms with Crippen molar-refractivity contribution >= 4 is 5.97 Å². The number of carbonyl (C=O) groups excluding carboxylic acids is 1. The van der Waals surface area contributed by atoms with Gasteiger partial charge >= 0.3 is 5.97 Å². The summed E-state index contributed by atoms with van der Waals surface area (Å²) in [7, 11) is 4.59. The second-order valence-corrected chi connectivity index (χ2v) is 8.41. The number of likely N-dealkylation sites (N-methyl/N-ethyl adjacent to an activating group) is 1. The number of rotatable bonds is 14. The van der Waals surface area contributed by atoms with Crippen LogP contribution in [0.3, 0.4) is 0 Å². The Kier molecular flexibility index (Phi) is 11.0. The van der Waals surface area contributed by atoms with E-state index in [4.69, 9.17) is 18.9 Å². The molecule has 0 aromatic heterocycles. The van der Waals surface area contributed by atoms with Crippen LogP contribution in [-0.4, -0.2) is 57.9 Å². The molecular weight excluding hydrogens is 418 g/mol. The van der Waals surface area contributed by atoms with Crippen LogP contribution in [0.1, 0.15) is 49.5 Å². The fourth-order valence-electron chi connectivity index (χ4n) is 3.81. The fourth-order valence-corrected chi connectivity index (χ4v) is 3.81. The number of hydrogen-bond acceptors (Lipinski definition) is 6. The summed E-state index contributed by atoms with van der Waals surface area (Å²) in [5, 5.41) is 0. The summed E-state index contributed by atoms with van der Waals surface area (Å²) < 4.78 is 22.0. The molecule has 0 N–H and O–H groups in total. The third-order valence-electron chi connectivity index (χ3n) is 5.87. The average molecular weight is 458 g/mol. The van der Waals surface area contributed by atoms with E-state index < -0.39 is 0 Å². The summed E-state index contributed by atoms with van der Waals surface area (Å²) in [6.45, 7) is 9.37. The van der Waals surface area contributed by atoms with E-state index in [1.54, 1.807) is 12.1 Å². The molecule has 2 rings (SSSR count). The number of hydrogen-bond donors (Lipinski definition) is 0. The van der Waals surface area contributed by atoms with Crippen molar-refractivity contribution in [2.45, 2.75) is 46.1 Å². The SMILES string of the molecule is CCN(CCCC(OC(=O)c1cc(OC)c(OC)c(OC)c1)C(C)C)CCc1ccccc1. The van der Waals surface area contributed by atoms with Crippen molar-refractivity contribution in [2.24, 2.45) is 5.92 Å². The normalized spacial score (nSPS) is 12.0. The second-order valence-electron chi connectivity index (χ2n) is 8.41. The molecule has 0 aliphatic rings. The van der Waals surface area contributed by atoms with Gasteiger partial charge in [-0.15, -0.1) is 0 Å². The van der Waals surface area contributed by atoms with Crippen LogP contribution in [0.4, 0.5) is 0 Å². The second kappa shape index (κ2) is 13.7. The quantitative estimate of drug-likeness (QED) is 0.362. The van der Waals surface area contributed by atoms with E-state index in [-0.39, 0.29) is 18.0 Å². The maximum Gasteiger partial charge on any atom is 0.338 e. The Morgan fingerprint density at radius 1 is 0.939 bits per heavy atom. The van der Waals surface area contributed by atoms with Gasteiger partial charge in [0.1, 0.15) is 6.10 Å². The lowest BCUT2D eigenvalue weighted by Crippen LogP contribution is -2.29. The van der Waals surface area contributed by atoms with Crippen LogP contribution in [0.15, 0.2) is 42.5 Å². The van der Waals surface area contributed by atoms with Gasteiger partial charge in [-0.2, -0.15) is 0 Å². The van der Waals surface area contributed by atoms with Gasteiger partial charge in [0.15, 0.2) is 11.5 Å². The molecule has 0 bridgehead atoms. The zero-order chi connectivity index (χ0) is 24.2. The molecule has 1 unspecified atom stereocenters. The standard InChI is InChI=1S/C27H39NO5/c1-7-28(17-15-21-12-9-8-10-13-21)16-11-14-23(20(2)3)33-27(29)22-18-24(30-4)26(32-6)25(19-22)31-5/h8-10,12-13,18-20,23H,7,11,14-17H2,1-6H3. The Morgan fingerprint density at radius 2 is 1.58 bits per heavy atom. The monoisotopic (exact) mass is 457 g/mol. The van der Waals surface area contributed by atoms with E-state index in [0.29, 0.717) is 22.8 Å². The summed E-state index contributed by atoms with van der Waals surface area (Å²) >= 11 is 0. The maximum atomic E-state index is 12.9. The highest BCUT2D eigenvalue weighted by molar-refractivity contribution is 5.91. The van der Waals surface area contributed by atoms with Crippen molar-refractivity contribution in [1.82, 2.24) is 4.90 Å². The minimum Gasteiger partial charge on any atom is -0.493 e. The van der Waals surface area contributed by atoms with Crippen LogP contribution in [0.5, 0.6) is 17.2 Å². The Labute approximate surface area is 198 Å². The van der Waals surface area contributed by atoms with Crippen LogP contribution < -0.4 is 14.2 Å². The molecular formula is C27H39NO5. The predicted molar refractivity (Wildman–Crippen MR) is 132 cm³/mol. The molecule has 33 heavy (non-hydrogen) atoms. The molecule has 0 aliphatic carbocycles. The van der Waals surface area contributed by atoms with Crippen molar-refractivity contribution < 1.29 is 23.7 Å². The number of esters is 1. The van der Waals surface area contributed by atoms with Crippen molar-refractivity contribution in [3.8, 4) is 17.2 Å². The average Bonchev–Trinajstić information content (AvgIpc) is 2.84. The molecule has 0 radical (unpaired) electrons. The minimum absolute atomic E-state index is 0.163. The zero-order valence-corrected chi connectivity index (χ0v) is 20.9. The molecule has 182 valence electrons. The Morgan fingerprint density at radius 3 is 2.09 bits per heavy atom. The molecule has 6 heteroatoms. The van der Waals surface area contributed by atoms with Gasteiger partial charge in [0.05, 0.1) is 26.9 Å². The Hall–Kier alpha value is -2.73. The highest BCUT2D eigenvalue weighted by Gasteiger charge is 2.23. The highest BCUT2D eigenvalue weighted by atomic mass is 16.5. The van der Waals surface area contributed by atoms with Gasteiger partial charge in [-0.1, -0.05) is 51.1 Å². The molecule has 0 aliphatic heterocycles. The fraction of sp³-hybridized carbons (Fsp3) is 0.519. The lowest BCUT2D eigenvalue weighted by Gasteiger charge is -2.25. The summed E-state index contributed by atoms with van der Waals surface area (Å²) in [5.74, 6) is 1.15. The number of ether oxygens (including phenoxy) is 4. The van der Waals surface area contributed by atoms with E-state index in [2.05, 4.69) is 49.9 Å². The summed E-state index contributed by atoms with van der Waals surface area (Å²) in [5.41, 5.74) is 1.74. The van der Waals surface area contributed by atoms with Crippen LogP contribution >= 0.6 is 0 Å². The highest BCUT2D eigenvalue weighted by Crippen LogP contribution is 2.38. The first-order valence-electron chi connectivity index (χ1n) is 11.7. The molecule has 0 spiro atoms. The molecule has 2 aromatic carbocycles. The van der Waals surface area contributed by atoms with Gasteiger partial charge in [-0.3, -0.25) is 0 Å². The number of benzene rings is 2. The van der Waals surface area contributed by atoms with Gasteiger partial charge in [-0.05, 0) is 56.0 Å². The molecule has 0 saturated carbocycles. The van der Waals surface area contributed by atoms with Crippen molar-refractivity contribution in [3.05, 3.63) is 53.6 Å². The number of carbonyl (C=O) groups is 1. The van der Waals surface area contributed by atoms with Gasteiger partial charge in [0.2, 0.25) is 5.75 Å². The van der Waals surface area contributed by atoms with E-state index >= 15 is 0 Å². The zero-order valence-electron chi connectivity index (χ0n) is 20.9. The molecule has 0 amide bonds. The van der Waals surface area contributed by atoms with E-state index in [0.717, 1.165) is 38.9 Å². The van der Waals surface area contributed by atoms with Crippen LogP contribution in [0, 0.1) is 5.92 Å². The summed E-state index contributed by atoms with van der Waals surface area (Å²) in [6.07, 6.45) is 2.66. The van der Waals surface area contributed by atoms with Crippen molar-refractivity contribution in [3.63, 3.8) is 0 Å². The minimum atomic E-state index is -0.385. The van der Waals surface area contributed by atoms with Crippen molar-refractivity contribution in [1.29, 1.82) is 0 Å². The lowest BCUT2D eigenvalue weighted by atomic mass is 10.0. The number of nitrogens with zero attached hydrogens (tertiary/aromatic N) is 1. The van der Waals surface area contributed by atoms with Crippen LogP contribution in [0.25, 0.3) is 0 Å². The van der Waals surface area contributed by atoms with Crippen LogP contribution in [-0.2, 0) is 11.2 Å². The molecule has 2 aromatic rings. The van der Waals surface area contributed by atoms with Crippen molar-refractivity contribution in [2.75, 3.05) is 41.0 Å². The first-order valence-corrected chi connectivity index (χ1v) is 11.7. The lowest BCUT2D eigenvalue weighted by molar-refractivity contribution is 0.0145. The van der Waals surface area contributed by atoms with Crippen LogP contribution in [0.2, 0.25) is 0 Å². The molecule has 6 nitrogen and oxygen atoms in total. The van der Waals surface area contributed by atoms with E-state index in [9.17, 15) is 4.79 Å². The first-order chi connectivity index (χ1) is 15.9. The summed E-state index contributed by atoms with van der Waals surface area (Å²) in [4.78, 5) is 15.4. The third kappa shape index (κ3) is 7.97. The van der Waals surface area contributed by atoms with Gasteiger partial charge in [0.25, 0.3) is 0 Å². The smallest absolute Gasteiger partial charge is 0.338 e. The largest absolute Gasteiger partial charge is 0.493 e.